The monoisotopic (exact) mass is 356 g/mol. The molecule has 1 fully saturated rings. The first-order valence-electron chi connectivity index (χ1n) is 8.62. The number of rotatable bonds is 2. The fourth-order valence-corrected chi connectivity index (χ4v) is 3.89. The average molecular weight is 357 g/mol. The third kappa shape index (κ3) is 3.37. The van der Waals surface area contributed by atoms with Gasteiger partial charge in [0.05, 0.1) is 11.7 Å². The van der Waals surface area contributed by atoms with E-state index >= 15 is 0 Å². The Kier molecular flexibility index (Phi) is 4.40. The van der Waals surface area contributed by atoms with E-state index in [9.17, 15) is 4.79 Å². The molecule has 1 unspecified atom stereocenters. The van der Waals surface area contributed by atoms with Crippen LogP contribution in [-0.2, 0) is 17.8 Å². The standard InChI is InChI=1S/C20H21ClN2O2/c1-14-5-6-16-12-22(11-15-3-2-4-17(21)10-15)8-7-18-13-25-20(24)23(18)19(16)9-14/h2-6,9-10,18H,7-8,11-13H2,1H3. The summed E-state index contributed by atoms with van der Waals surface area (Å²) >= 11 is 6.13. The number of benzene rings is 2. The van der Waals surface area contributed by atoms with E-state index in [1.54, 1.807) is 0 Å². The number of nitrogens with zero attached hydrogens (tertiary/aromatic N) is 2. The van der Waals surface area contributed by atoms with Crippen LogP contribution in [0.25, 0.3) is 0 Å². The van der Waals surface area contributed by atoms with E-state index in [4.69, 9.17) is 16.3 Å². The number of anilines is 1. The molecule has 0 N–H and O–H groups in total. The van der Waals surface area contributed by atoms with Crippen LogP contribution in [0.3, 0.4) is 0 Å². The highest BCUT2D eigenvalue weighted by Crippen LogP contribution is 2.32. The largest absolute Gasteiger partial charge is 0.447 e. The minimum absolute atomic E-state index is 0.107. The zero-order valence-electron chi connectivity index (χ0n) is 14.2. The van der Waals surface area contributed by atoms with E-state index in [-0.39, 0.29) is 12.1 Å². The van der Waals surface area contributed by atoms with Gasteiger partial charge >= 0.3 is 6.09 Å². The van der Waals surface area contributed by atoms with Gasteiger partial charge in [-0.15, -0.1) is 0 Å². The number of hydrogen-bond acceptors (Lipinski definition) is 3. The Balaban J connectivity index is 1.65. The molecule has 1 atom stereocenters. The Morgan fingerprint density at radius 3 is 2.96 bits per heavy atom. The first-order chi connectivity index (χ1) is 12.1. The van der Waals surface area contributed by atoms with Gasteiger partial charge in [-0.25, -0.2) is 4.79 Å². The fourth-order valence-electron chi connectivity index (χ4n) is 3.68. The van der Waals surface area contributed by atoms with Gasteiger partial charge in [-0.1, -0.05) is 35.9 Å². The van der Waals surface area contributed by atoms with Crippen LogP contribution in [0.4, 0.5) is 10.5 Å². The number of fused-ring (bicyclic) bond motifs is 3. The maximum atomic E-state index is 12.2. The highest BCUT2D eigenvalue weighted by atomic mass is 35.5. The van der Waals surface area contributed by atoms with Crippen molar-refractivity contribution in [3.05, 3.63) is 64.2 Å². The zero-order chi connectivity index (χ0) is 17.4. The molecule has 0 radical (unpaired) electrons. The number of ether oxygens (including phenoxy) is 1. The van der Waals surface area contributed by atoms with Crippen LogP contribution in [0.15, 0.2) is 42.5 Å². The molecule has 0 saturated carbocycles. The average Bonchev–Trinajstić information content (AvgIpc) is 2.93. The molecule has 1 saturated heterocycles. The second-order valence-electron chi connectivity index (χ2n) is 6.86. The molecule has 2 aliphatic heterocycles. The van der Waals surface area contributed by atoms with Crippen molar-refractivity contribution >= 4 is 23.4 Å². The lowest BCUT2D eigenvalue weighted by Gasteiger charge is -2.32. The topological polar surface area (TPSA) is 32.8 Å². The number of aryl methyl sites for hydroxylation is 1. The van der Waals surface area contributed by atoms with Crippen molar-refractivity contribution in [3.63, 3.8) is 0 Å². The van der Waals surface area contributed by atoms with Crippen LogP contribution in [0.5, 0.6) is 0 Å². The van der Waals surface area contributed by atoms with Crippen LogP contribution in [0, 0.1) is 6.92 Å². The first kappa shape index (κ1) is 16.4. The molecule has 2 heterocycles. The van der Waals surface area contributed by atoms with Crippen molar-refractivity contribution in [1.82, 2.24) is 4.90 Å². The van der Waals surface area contributed by atoms with Gasteiger partial charge in [0, 0.05) is 24.7 Å². The summed E-state index contributed by atoms with van der Waals surface area (Å²) in [4.78, 5) is 16.5. The van der Waals surface area contributed by atoms with Gasteiger partial charge in [0.1, 0.15) is 6.61 Å². The molecule has 0 aromatic heterocycles. The molecule has 4 nitrogen and oxygen atoms in total. The summed E-state index contributed by atoms with van der Waals surface area (Å²) in [5, 5.41) is 0.765. The highest BCUT2D eigenvalue weighted by Gasteiger charge is 2.37. The number of carbonyl (C=O) groups is 1. The predicted octanol–water partition coefficient (Wildman–Crippen LogP) is 4.38. The summed E-state index contributed by atoms with van der Waals surface area (Å²) in [7, 11) is 0. The zero-order valence-corrected chi connectivity index (χ0v) is 15.0. The van der Waals surface area contributed by atoms with Gasteiger partial charge in [0.15, 0.2) is 0 Å². The Morgan fingerprint density at radius 1 is 1.24 bits per heavy atom. The van der Waals surface area contributed by atoms with Crippen molar-refractivity contribution in [3.8, 4) is 0 Å². The molecular weight excluding hydrogens is 336 g/mol. The third-order valence-electron chi connectivity index (χ3n) is 4.93. The normalized spacial score (nSPS) is 20.5. The maximum absolute atomic E-state index is 12.2. The minimum Gasteiger partial charge on any atom is -0.447 e. The molecule has 130 valence electrons. The lowest BCUT2D eigenvalue weighted by atomic mass is 10.0. The van der Waals surface area contributed by atoms with Crippen molar-refractivity contribution in [2.24, 2.45) is 0 Å². The molecular formula is C20H21ClN2O2. The van der Waals surface area contributed by atoms with Crippen LogP contribution >= 0.6 is 11.6 Å². The molecule has 4 rings (SSSR count). The number of hydrogen-bond donors (Lipinski definition) is 0. The lowest BCUT2D eigenvalue weighted by molar-refractivity contribution is 0.177. The Bertz CT molecular complexity index is 808. The summed E-state index contributed by atoms with van der Waals surface area (Å²) in [6.45, 7) is 5.09. The van der Waals surface area contributed by atoms with Crippen molar-refractivity contribution in [2.45, 2.75) is 32.5 Å². The van der Waals surface area contributed by atoms with Crippen LogP contribution < -0.4 is 4.90 Å². The summed E-state index contributed by atoms with van der Waals surface area (Å²) in [6.07, 6.45) is 0.680. The number of halogens is 1. The molecule has 0 aliphatic carbocycles. The fraction of sp³-hybridized carbons (Fsp3) is 0.350. The molecule has 2 aromatic rings. The Morgan fingerprint density at radius 2 is 2.12 bits per heavy atom. The summed E-state index contributed by atoms with van der Waals surface area (Å²) in [6, 6.07) is 14.5. The van der Waals surface area contributed by atoms with Gasteiger partial charge in [-0.3, -0.25) is 9.80 Å². The van der Waals surface area contributed by atoms with Gasteiger partial charge in [0.25, 0.3) is 0 Å². The van der Waals surface area contributed by atoms with Gasteiger partial charge in [-0.05, 0) is 48.2 Å². The van der Waals surface area contributed by atoms with E-state index in [1.165, 1.54) is 5.56 Å². The molecule has 2 aromatic carbocycles. The van der Waals surface area contributed by atoms with E-state index in [0.717, 1.165) is 47.9 Å². The minimum atomic E-state index is -0.222. The highest BCUT2D eigenvalue weighted by molar-refractivity contribution is 6.30. The molecule has 1 amide bonds. The SMILES string of the molecule is Cc1ccc2c(c1)N1C(=O)OCC1CCN(Cc1cccc(Cl)c1)C2. The Labute approximate surface area is 152 Å². The van der Waals surface area contributed by atoms with Gasteiger partial charge < -0.3 is 4.74 Å². The second kappa shape index (κ2) is 6.70. The summed E-state index contributed by atoms with van der Waals surface area (Å²) in [5.74, 6) is 0. The maximum Gasteiger partial charge on any atom is 0.414 e. The lowest BCUT2D eigenvalue weighted by Crippen LogP contribution is -2.40. The van der Waals surface area contributed by atoms with E-state index in [0.29, 0.717) is 6.61 Å². The van der Waals surface area contributed by atoms with Crippen LogP contribution in [0.1, 0.15) is 23.1 Å². The number of amides is 1. The summed E-state index contributed by atoms with van der Waals surface area (Å²) < 4.78 is 5.33. The van der Waals surface area contributed by atoms with Crippen molar-refractivity contribution < 1.29 is 9.53 Å². The molecule has 0 bridgehead atoms. The summed E-state index contributed by atoms with van der Waals surface area (Å²) in [5.41, 5.74) is 4.51. The molecule has 0 spiro atoms. The van der Waals surface area contributed by atoms with Gasteiger partial charge in [0.2, 0.25) is 0 Å². The smallest absolute Gasteiger partial charge is 0.414 e. The molecule has 2 aliphatic rings. The van der Waals surface area contributed by atoms with E-state index in [1.807, 2.05) is 23.1 Å². The first-order valence-corrected chi connectivity index (χ1v) is 9.00. The second-order valence-corrected chi connectivity index (χ2v) is 7.30. The third-order valence-corrected chi connectivity index (χ3v) is 5.16. The van der Waals surface area contributed by atoms with Crippen molar-refractivity contribution in [1.29, 1.82) is 0 Å². The van der Waals surface area contributed by atoms with Crippen molar-refractivity contribution in [2.75, 3.05) is 18.1 Å². The van der Waals surface area contributed by atoms with E-state index < -0.39 is 0 Å². The molecule has 25 heavy (non-hydrogen) atoms. The molecule has 5 heteroatoms. The van der Waals surface area contributed by atoms with Crippen LogP contribution in [0.2, 0.25) is 5.02 Å². The van der Waals surface area contributed by atoms with Gasteiger partial charge in [-0.2, -0.15) is 0 Å². The quantitative estimate of drug-likeness (QED) is 0.800. The van der Waals surface area contributed by atoms with Crippen LogP contribution in [-0.4, -0.2) is 30.2 Å². The number of carbonyl (C=O) groups excluding carboxylic acids is 1. The number of cyclic esters (lactones) is 1. The van der Waals surface area contributed by atoms with E-state index in [2.05, 4.69) is 36.1 Å². The predicted molar refractivity (Wildman–Crippen MR) is 99.0 cm³/mol. The Hall–Kier alpha value is -2.04.